The number of nitrogens with zero attached hydrogens (tertiary/aromatic N) is 4. The van der Waals surface area contributed by atoms with E-state index in [1.807, 2.05) is 30.3 Å². The third kappa shape index (κ3) is 14.8. The normalized spacial score (nSPS) is 16.6. The van der Waals surface area contributed by atoms with Gasteiger partial charge in [0.2, 0.25) is 0 Å². The second-order valence-corrected chi connectivity index (χ2v) is 12.9. The lowest BCUT2D eigenvalue weighted by Gasteiger charge is -2.33. The third-order valence-electron chi connectivity index (χ3n) is 7.63. The Morgan fingerprint density at radius 2 is 1.15 bits per heavy atom. The summed E-state index contributed by atoms with van der Waals surface area (Å²) in [6.45, 7) is 3.66. The van der Waals surface area contributed by atoms with E-state index in [1.54, 1.807) is 20.8 Å². The van der Waals surface area contributed by atoms with Crippen LogP contribution in [0.25, 0.3) is 0 Å². The zero-order chi connectivity index (χ0) is 34.2. The highest BCUT2D eigenvalue weighted by Gasteiger charge is 2.24. The number of ether oxygens (including phenoxy) is 2. The first-order chi connectivity index (χ1) is 22.4. The summed E-state index contributed by atoms with van der Waals surface area (Å²) in [6, 6.07) is 13.8. The molecule has 1 aliphatic heterocycles. The van der Waals surface area contributed by atoms with Crippen LogP contribution < -0.4 is 14.8 Å². The average molecular weight is 681 g/mol. The molecule has 5 N–H and O–H groups in total. The summed E-state index contributed by atoms with van der Waals surface area (Å²) in [5, 5.41) is 27.9. The Morgan fingerprint density at radius 3 is 1.62 bits per heavy atom. The van der Waals surface area contributed by atoms with Crippen LogP contribution in [0.3, 0.4) is 0 Å². The van der Waals surface area contributed by atoms with Gasteiger partial charge in [0.05, 0.1) is 26.2 Å². The van der Waals surface area contributed by atoms with Crippen molar-refractivity contribution in [3.63, 3.8) is 0 Å². The number of rotatable bonds is 16. The lowest BCUT2D eigenvalue weighted by molar-refractivity contribution is -0.140. The molecule has 0 bridgehead atoms. The molecule has 1 aliphatic rings. The SMILES string of the molecule is O=C(O)CN1CCN(CCCCOc2ccc(OCc3ccccc3)cc2P(=O)(O)O)CCN(CC(=O)O)CCN(CC(=O)O)CC1. The molecular weight excluding hydrogens is 635 g/mol. The van der Waals surface area contributed by atoms with Crippen molar-refractivity contribution < 1.29 is 53.5 Å². The molecule has 3 rings (SSSR count). The van der Waals surface area contributed by atoms with Crippen molar-refractivity contribution in [2.45, 2.75) is 19.4 Å². The number of carboxylic acids is 3. The van der Waals surface area contributed by atoms with Crippen molar-refractivity contribution in [1.29, 1.82) is 0 Å². The van der Waals surface area contributed by atoms with E-state index in [0.29, 0.717) is 77.5 Å². The summed E-state index contributed by atoms with van der Waals surface area (Å²) in [6.07, 6.45) is 1.22. The van der Waals surface area contributed by atoms with Gasteiger partial charge in [-0.25, -0.2) is 0 Å². The molecule has 260 valence electrons. The first-order valence-corrected chi connectivity index (χ1v) is 17.0. The summed E-state index contributed by atoms with van der Waals surface area (Å²) >= 11 is 0. The Balaban J connectivity index is 1.58. The smallest absolute Gasteiger partial charge is 0.360 e. The Kier molecular flexibility index (Phi) is 15.6. The van der Waals surface area contributed by atoms with Gasteiger partial charge in [0.15, 0.2) is 0 Å². The monoisotopic (exact) mass is 680 g/mol. The van der Waals surface area contributed by atoms with E-state index in [-0.39, 0.29) is 43.9 Å². The van der Waals surface area contributed by atoms with Crippen molar-refractivity contribution in [2.24, 2.45) is 0 Å². The second kappa shape index (κ2) is 19.3. The summed E-state index contributed by atoms with van der Waals surface area (Å²) in [5.41, 5.74) is 0.911. The quantitative estimate of drug-likeness (QED) is 0.122. The molecule has 2 aromatic rings. The van der Waals surface area contributed by atoms with Gasteiger partial charge in [0.25, 0.3) is 0 Å². The zero-order valence-electron chi connectivity index (χ0n) is 26.4. The summed E-state index contributed by atoms with van der Waals surface area (Å²) in [4.78, 5) is 61.6. The van der Waals surface area contributed by atoms with E-state index in [0.717, 1.165) is 5.56 Å². The van der Waals surface area contributed by atoms with Gasteiger partial charge in [-0.2, -0.15) is 0 Å². The van der Waals surface area contributed by atoms with Crippen LogP contribution in [-0.2, 0) is 25.6 Å². The molecule has 0 unspecified atom stereocenters. The molecule has 0 radical (unpaired) electrons. The molecule has 0 amide bonds. The number of benzene rings is 2. The van der Waals surface area contributed by atoms with E-state index in [1.165, 1.54) is 12.1 Å². The van der Waals surface area contributed by atoms with Crippen LogP contribution in [0.15, 0.2) is 48.5 Å². The molecule has 0 spiro atoms. The molecule has 47 heavy (non-hydrogen) atoms. The summed E-state index contributed by atoms with van der Waals surface area (Å²) < 4.78 is 23.7. The standard InChI is InChI=1S/C31H45N4O11P/c36-29(37)21-33-13-11-32(12-14-34(22-30(38)39)16-18-35(17-15-33)23-31(40)41)10-4-5-19-45-27-9-8-26(20-28(27)47(42,43)44)46-24-25-6-2-1-3-7-25/h1-3,6-9,20H,4-5,10-19,21-24H2,(H,36,37)(H,38,39)(H,40,41)(H2,42,43,44). The molecule has 2 aromatic carbocycles. The summed E-state index contributed by atoms with van der Waals surface area (Å²) in [5.74, 6) is -2.60. The molecule has 1 saturated heterocycles. The first kappa shape index (κ1) is 37.9. The lowest BCUT2D eigenvalue weighted by Crippen LogP contribution is -2.48. The Hall–Kier alpha value is -3.56. The van der Waals surface area contributed by atoms with Crippen molar-refractivity contribution >= 4 is 30.8 Å². The van der Waals surface area contributed by atoms with E-state index in [2.05, 4.69) is 4.90 Å². The fraction of sp³-hybridized carbons (Fsp3) is 0.516. The Morgan fingerprint density at radius 1 is 0.660 bits per heavy atom. The van der Waals surface area contributed by atoms with E-state index in [9.17, 15) is 44.1 Å². The topological polar surface area (TPSA) is 201 Å². The van der Waals surface area contributed by atoms with Gasteiger partial charge in [0, 0.05) is 52.4 Å². The van der Waals surface area contributed by atoms with E-state index in [4.69, 9.17) is 9.47 Å². The van der Waals surface area contributed by atoms with Gasteiger partial charge >= 0.3 is 25.5 Å². The van der Waals surface area contributed by atoms with Crippen molar-refractivity contribution in [3.8, 4) is 11.5 Å². The minimum Gasteiger partial charge on any atom is -0.493 e. The highest BCUT2D eigenvalue weighted by Crippen LogP contribution is 2.39. The maximum Gasteiger partial charge on any atom is 0.360 e. The average Bonchev–Trinajstić information content (AvgIpc) is 3.00. The van der Waals surface area contributed by atoms with Crippen LogP contribution in [-0.4, -0.2) is 148 Å². The molecule has 15 nitrogen and oxygen atoms in total. The lowest BCUT2D eigenvalue weighted by atomic mass is 10.2. The molecule has 1 fully saturated rings. The molecule has 16 heteroatoms. The maximum atomic E-state index is 12.2. The number of unbranched alkanes of at least 4 members (excludes halogenated alkanes) is 1. The number of carbonyl (C=O) groups is 3. The van der Waals surface area contributed by atoms with Crippen LogP contribution >= 0.6 is 7.60 Å². The predicted molar refractivity (Wildman–Crippen MR) is 172 cm³/mol. The van der Waals surface area contributed by atoms with Crippen LogP contribution in [0.5, 0.6) is 11.5 Å². The van der Waals surface area contributed by atoms with Crippen LogP contribution in [0.2, 0.25) is 0 Å². The van der Waals surface area contributed by atoms with Crippen LogP contribution in [0.1, 0.15) is 18.4 Å². The zero-order valence-corrected chi connectivity index (χ0v) is 27.2. The van der Waals surface area contributed by atoms with Crippen molar-refractivity contribution in [3.05, 3.63) is 54.1 Å². The van der Waals surface area contributed by atoms with Crippen molar-refractivity contribution in [2.75, 3.05) is 85.1 Å². The van der Waals surface area contributed by atoms with Gasteiger partial charge in [-0.05, 0) is 43.1 Å². The molecular formula is C31H45N4O11P. The highest BCUT2D eigenvalue weighted by atomic mass is 31.2. The summed E-state index contributed by atoms with van der Waals surface area (Å²) in [7, 11) is -4.66. The first-order valence-electron chi connectivity index (χ1n) is 15.4. The molecule has 0 saturated carbocycles. The van der Waals surface area contributed by atoms with E-state index < -0.39 is 25.5 Å². The largest absolute Gasteiger partial charge is 0.493 e. The maximum absolute atomic E-state index is 12.2. The van der Waals surface area contributed by atoms with Gasteiger partial charge in [-0.3, -0.25) is 33.6 Å². The fourth-order valence-corrected chi connectivity index (χ4v) is 5.87. The van der Waals surface area contributed by atoms with Gasteiger partial charge < -0.3 is 39.5 Å². The number of carboxylic acid groups (broad SMARTS) is 3. The second-order valence-electron chi connectivity index (χ2n) is 11.4. The highest BCUT2D eigenvalue weighted by molar-refractivity contribution is 7.60. The fourth-order valence-electron chi connectivity index (χ4n) is 5.15. The third-order valence-corrected chi connectivity index (χ3v) is 8.60. The number of hydrogen-bond acceptors (Lipinski definition) is 10. The minimum atomic E-state index is -4.66. The molecule has 0 atom stereocenters. The van der Waals surface area contributed by atoms with Crippen LogP contribution in [0.4, 0.5) is 0 Å². The van der Waals surface area contributed by atoms with E-state index >= 15 is 0 Å². The predicted octanol–water partition coefficient (Wildman–Crippen LogP) is 0.703. The number of hydrogen-bond donors (Lipinski definition) is 5. The van der Waals surface area contributed by atoms with Gasteiger partial charge in [-0.15, -0.1) is 0 Å². The van der Waals surface area contributed by atoms with Crippen LogP contribution in [0, 0.1) is 0 Å². The minimum absolute atomic E-state index is 0.0716. The van der Waals surface area contributed by atoms with Gasteiger partial charge in [0.1, 0.15) is 23.4 Å². The number of aliphatic carboxylic acids is 3. The molecule has 0 aromatic heterocycles. The molecule has 0 aliphatic carbocycles. The van der Waals surface area contributed by atoms with Crippen molar-refractivity contribution in [1.82, 2.24) is 19.6 Å². The Bertz CT molecular complexity index is 1310. The van der Waals surface area contributed by atoms with Gasteiger partial charge in [-0.1, -0.05) is 30.3 Å². The Labute approximate surface area is 274 Å². The molecule has 1 heterocycles.